The van der Waals surface area contributed by atoms with Crippen LogP contribution in [0.25, 0.3) is 32.2 Å². The number of thiazole rings is 1. The second-order valence-corrected chi connectivity index (χ2v) is 9.37. The maximum Gasteiger partial charge on any atom is 0.318 e. The van der Waals surface area contributed by atoms with Crippen LogP contribution >= 0.6 is 22.9 Å². The molecular formula is C23H27ClFN7OS. The molecule has 34 heavy (non-hydrogen) atoms. The van der Waals surface area contributed by atoms with Gasteiger partial charge in [-0.25, -0.2) is 9.37 Å². The Hall–Kier alpha value is -2.79. The van der Waals surface area contributed by atoms with Gasteiger partial charge in [0.15, 0.2) is 10.9 Å². The third-order valence-electron chi connectivity index (χ3n) is 5.51. The Morgan fingerprint density at radius 1 is 1.24 bits per heavy atom. The van der Waals surface area contributed by atoms with E-state index in [0.717, 1.165) is 4.70 Å². The van der Waals surface area contributed by atoms with Crippen LogP contribution in [0.15, 0.2) is 24.3 Å². The van der Waals surface area contributed by atoms with Gasteiger partial charge in [0.1, 0.15) is 11.3 Å². The third kappa shape index (κ3) is 5.00. The van der Waals surface area contributed by atoms with Crippen LogP contribution in [0.2, 0.25) is 5.02 Å². The van der Waals surface area contributed by atoms with Crippen LogP contribution < -0.4 is 21.5 Å². The van der Waals surface area contributed by atoms with Crippen LogP contribution in [0.5, 0.6) is 6.01 Å². The van der Waals surface area contributed by atoms with Gasteiger partial charge in [-0.3, -0.25) is 0 Å². The van der Waals surface area contributed by atoms with Crippen LogP contribution in [0.3, 0.4) is 0 Å². The van der Waals surface area contributed by atoms with Crippen molar-refractivity contribution in [2.24, 2.45) is 5.73 Å². The molecule has 4 aromatic rings. The Balaban J connectivity index is 0.000000398. The van der Waals surface area contributed by atoms with Gasteiger partial charge in [0.25, 0.3) is 0 Å². The number of nitrogen functional groups attached to an aromatic ring is 1. The summed E-state index contributed by atoms with van der Waals surface area (Å²) >= 11 is 7.78. The van der Waals surface area contributed by atoms with Gasteiger partial charge in [-0.15, -0.1) is 0 Å². The average Bonchev–Trinajstić information content (AvgIpc) is 3.46. The van der Waals surface area contributed by atoms with E-state index in [1.807, 2.05) is 6.07 Å². The predicted octanol–water partition coefficient (Wildman–Crippen LogP) is 4.37. The van der Waals surface area contributed by atoms with Crippen LogP contribution in [0.4, 0.5) is 15.3 Å². The number of nitrogens with one attached hydrogen (secondary N) is 1. The standard InChI is InChI=1S/C18H16ClFN6OS.C5H11N/c1-27-18-25-14-9(16(26-18)23-6-5-21)7-10(19)12(13(14)20)8-3-2-4-11-15(8)28-17(22)24-11;1-6-4-2-3-5-6/h2-4,7H,5-6,21H2,1H3,(H2,22,24)(H,23,25,26);2-5H2,1H3. The lowest BCUT2D eigenvalue weighted by Crippen LogP contribution is -2.14. The summed E-state index contributed by atoms with van der Waals surface area (Å²) in [6, 6.07) is 7.06. The van der Waals surface area contributed by atoms with E-state index in [2.05, 4.69) is 32.2 Å². The molecule has 0 saturated carbocycles. The summed E-state index contributed by atoms with van der Waals surface area (Å²) in [5.41, 5.74) is 13.0. The fourth-order valence-electron chi connectivity index (χ4n) is 3.88. The lowest BCUT2D eigenvalue weighted by molar-refractivity contribution is 0.382. The molecule has 0 aliphatic carbocycles. The zero-order valence-electron chi connectivity index (χ0n) is 19.1. The number of hydrogen-bond donors (Lipinski definition) is 3. The number of aromatic nitrogens is 3. The van der Waals surface area contributed by atoms with Crippen LogP contribution in [-0.4, -0.2) is 60.2 Å². The lowest BCUT2D eigenvalue weighted by atomic mass is 10.0. The maximum absolute atomic E-state index is 15.6. The van der Waals surface area contributed by atoms with Crippen LogP contribution in [0, 0.1) is 5.82 Å². The van der Waals surface area contributed by atoms with Gasteiger partial charge in [-0.05, 0) is 45.1 Å². The molecule has 3 heterocycles. The van der Waals surface area contributed by atoms with E-state index in [9.17, 15) is 0 Å². The molecule has 5 rings (SSSR count). The predicted molar refractivity (Wildman–Crippen MR) is 138 cm³/mol. The van der Waals surface area contributed by atoms with Gasteiger partial charge in [-0.2, -0.15) is 9.97 Å². The van der Waals surface area contributed by atoms with Crippen molar-refractivity contribution in [3.8, 4) is 17.1 Å². The Kier molecular flexibility index (Phi) is 7.62. The summed E-state index contributed by atoms with van der Waals surface area (Å²) in [6.45, 7) is 3.48. The van der Waals surface area contributed by atoms with Gasteiger partial charge in [0.05, 0.1) is 22.3 Å². The number of rotatable bonds is 5. The number of methoxy groups -OCH3 is 1. The number of nitrogens with two attached hydrogens (primary N) is 2. The first kappa shape index (κ1) is 24.3. The molecule has 1 aliphatic rings. The Morgan fingerprint density at radius 2 is 2.00 bits per heavy atom. The molecule has 8 nitrogen and oxygen atoms in total. The summed E-state index contributed by atoms with van der Waals surface area (Å²) in [5, 5.41) is 4.12. The van der Waals surface area contributed by atoms with E-state index in [1.54, 1.807) is 18.2 Å². The first-order valence-electron chi connectivity index (χ1n) is 10.9. The van der Waals surface area contributed by atoms with Crippen molar-refractivity contribution in [3.05, 3.63) is 35.1 Å². The second-order valence-electron chi connectivity index (χ2n) is 7.93. The summed E-state index contributed by atoms with van der Waals surface area (Å²) in [4.78, 5) is 15.1. The zero-order valence-corrected chi connectivity index (χ0v) is 20.6. The van der Waals surface area contributed by atoms with Crippen LogP contribution in [-0.2, 0) is 0 Å². The minimum atomic E-state index is -0.571. The normalized spacial score (nSPS) is 13.8. The molecule has 0 spiro atoms. The van der Waals surface area contributed by atoms with Crippen molar-refractivity contribution in [2.75, 3.05) is 51.4 Å². The van der Waals surface area contributed by atoms with Gasteiger partial charge in [0, 0.05) is 29.6 Å². The smallest absolute Gasteiger partial charge is 0.318 e. The minimum absolute atomic E-state index is 0.0411. The van der Waals surface area contributed by atoms with E-state index in [0.29, 0.717) is 40.5 Å². The first-order chi connectivity index (χ1) is 16.4. The summed E-state index contributed by atoms with van der Waals surface area (Å²) in [6.07, 6.45) is 2.83. The van der Waals surface area contributed by atoms with E-state index >= 15 is 4.39 Å². The van der Waals surface area contributed by atoms with Crippen molar-refractivity contribution < 1.29 is 9.13 Å². The maximum atomic E-state index is 15.6. The minimum Gasteiger partial charge on any atom is -0.467 e. The number of ether oxygens (including phenoxy) is 1. The number of benzene rings is 2. The molecule has 5 N–H and O–H groups in total. The molecule has 0 bridgehead atoms. The lowest BCUT2D eigenvalue weighted by Gasteiger charge is -2.14. The average molecular weight is 504 g/mol. The van der Waals surface area contributed by atoms with Gasteiger partial charge in [0.2, 0.25) is 0 Å². The number of halogens is 2. The van der Waals surface area contributed by atoms with Gasteiger partial charge < -0.3 is 26.4 Å². The molecule has 0 radical (unpaired) electrons. The van der Waals surface area contributed by atoms with E-state index < -0.39 is 5.82 Å². The molecule has 2 aromatic heterocycles. The topological polar surface area (TPSA) is 115 Å². The van der Waals surface area contributed by atoms with E-state index in [4.69, 9.17) is 27.8 Å². The highest BCUT2D eigenvalue weighted by Gasteiger charge is 2.21. The summed E-state index contributed by atoms with van der Waals surface area (Å²) < 4.78 is 21.5. The highest BCUT2D eigenvalue weighted by atomic mass is 35.5. The molecule has 180 valence electrons. The second kappa shape index (κ2) is 10.6. The van der Waals surface area contributed by atoms with Gasteiger partial charge in [-0.1, -0.05) is 35.1 Å². The molecule has 0 unspecified atom stereocenters. The van der Waals surface area contributed by atoms with Crippen molar-refractivity contribution in [1.29, 1.82) is 0 Å². The molecule has 1 fully saturated rings. The molecule has 1 saturated heterocycles. The fraction of sp³-hybridized carbons (Fsp3) is 0.348. The number of hydrogen-bond acceptors (Lipinski definition) is 9. The zero-order chi connectivity index (χ0) is 24.2. The third-order valence-corrected chi connectivity index (χ3v) is 6.74. The quantitative estimate of drug-likeness (QED) is 0.367. The molecule has 1 aliphatic heterocycles. The number of nitrogens with zero attached hydrogens (tertiary/aromatic N) is 4. The first-order valence-corrected chi connectivity index (χ1v) is 12.1. The molecule has 11 heteroatoms. The number of fused-ring (bicyclic) bond motifs is 2. The SMILES string of the molecule is CN1CCCC1.COc1nc(NCCN)c2cc(Cl)c(-c3cccc4nc(N)sc34)c(F)c2n1. The van der Waals surface area contributed by atoms with Crippen LogP contribution in [0.1, 0.15) is 12.8 Å². The highest BCUT2D eigenvalue weighted by Crippen LogP contribution is 2.42. The molecule has 0 atom stereocenters. The largest absolute Gasteiger partial charge is 0.467 e. The summed E-state index contributed by atoms with van der Waals surface area (Å²) in [5.74, 6) is -0.168. The van der Waals surface area contributed by atoms with Crippen molar-refractivity contribution in [1.82, 2.24) is 19.9 Å². The Labute approximate surface area is 206 Å². The Bertz CT molecular complexity index is 1310. The fourth-order valence-corrected chi connectivity index (χ4v) is 5.02. The van der Waals surface area contributed by atoms with Crippen molar-refractivity contribution >= 4 is 55.0 Å². The highest BCUT2D eigenvalue weighted by molar-refractivity contribution is 7.22. The molecule has 2 aromatic carbocycles. The van der Waals surface area contributed by atoms with E-state index in [-0.39, 0.29) is 22.1 Å². The Morgan fingerprint density at radius 3 is 2.65 bits per heavy atom. The van der Waals surface area contributed by atoms with Gasteiger partial charge >= 0.3 is 6.01 Å². The van der Waals surface area contributed by atoms with Crippen molar-refractivity contribution in [2.45, 2.75) is 12.8 Å². The number of anilines is 2. The monoisotopic (exact) mass is 503 g/mol. The number of likely N-dealkylation sites (tertiary alicyclic amines) is 1. The van der Waals surface area contributed by atoms with E-state index in [1.165, 1.54) is 44.4 Å². The summed E-state index contributed by atoms with van der Waals surface area (Å²) in [7, 11) is 3.59. The molecule has 0 amide bonds. The van der Waals surface area contributed by atoms with Crippen molar-refractivity contribution in [3.63, 3.8) is 0 Å². The molecular weight excluding hydrogens is 477 g/mol.